The third-order valence-electron chi connectivity index (χ3n) is 3.46. The first-order valence-corrected chi connectivity index (χ1v) is 7.03. The van der Waals surface area contributed by atoms with E-state index in [1.54, 1.807) is 12.3 Å². The molecule has 108 valence electrons. The number of halogens is 1. The standard InChI is InChI=1S/C13H15BrN2O4/c14-10-5-9(6-15-7-10)11(17)16-8-13(12(18)19)1-3-20-4-2-13/h5-7H,1-4,8H2,(H,16,17)(H,18,19). The average Bonchev–Trinajstić information content (AvgIpc) is 2.45. The van der Waals surface area contributed by atoms with Crippen molar-refractivity contribution < 1.29 is 19.4 Å². The van der Waals surface area contributed by atoms with Gasteiger partial charge in [0.25, 0.3) is 5.91 Å². The molecular formula is C13H15BrN2O4. The summed E-state index contributed by atoms with van der Waals surface area (Å²) in [6.07, 6.45) is 3.82. The lowest BCUT2D eigenvalue weighted by atomic mass is 9.80. The molecular weight excluding hydrogens is 328 g/mol. The van der Waals surface area contributed by atoms with Gasteiger partial charge in [-0.05, 0) is 34.8 Å². The zero-order chi connectivity index (χ0) is 14.6. The van der Waals surface area contributed by atoms with E-state index in [0.29, 0.717) is 36.1 Å². The summed E-state index contributed by atoms with van der Waals surface area (Å²) in [5, 5.41) is 12.1. The summed E-state index contributed by atoms with van der Waals surface area (Å²) in [6, 6.07) is 1.64. The molecule has 20 heavy (non-hydrogen) atoms. The quantitative estimate of drug-likeness (QED) is 0.864. The number of aliphatic carboxylic acids is 1. The number of nitrogens with one attached hydrogen (secondary N) is 1. The van der Waals surface area contributed by atoms with E-state index < -0.39 is 11.4 Å². The zero-order valence-corrected chi connectivity index (χ0v) is 12.4. The van der Waals surface area contributed by atoms with Crippen molar-refractivity contribution in [3.05, 3.63) is 28.5 Å². The molecule has 1 aromatic heterocycles. The molecule has 0 atom stereocenters. The van der Waals surface area contributed by atoms with Crippen molar-refractivity contribution in [3.8, 4) is 0 Å². The van der Waals surface area contributed by atoms with Crippen molar-refractivity contribution in [1.29, 1.82) is 0 Å². The molecule has 2 heterocycles. The van der Waals surface area contributed by atoms with E-state index in [0.717, 1.165) is 0 Å². The molecule has 0 aromatic carbocycles. The summed E-state index contributed by atoms with van der Waals surface area (Å²) >= 11 is 3.24. The predicted octanol–water partition coefficient (Wildman–Crippen LogP) is 1.46. The first kappa shape index (κ1) is 14.9. The smallest absolute Gasteiger partial charge is 0.311 e. The molecule has 0 radical (unpaired) electrons. The fourth-order valence-corrected chi connectivity index (χ4v) is 2.48. The Bertz CT molecular complexity index is 515. The number of ether oxygens (including phenoxy) is 1. The zero-order valence-electron chi connectivity index (χ0n) is 10.8. The predicted molar refractivity (Wildman–Crippen MR) is 74.4 cm³/mol. The van der Waals surface area contributed by atoms with Crippen LogP contribution in [0.15, 0.2) is 22.9 Å². The van der Waals surface area contributed by atoms with Gasteiger partial charge in [0.2, 0.25) is 0 Å². The number of amides is 1. The van der Waals surface area contributed by atoms with Gasteiger partial charge in [0.05, 0.1) is 11.0 Å². The van der Waals surface area contributed by atoms with Crippen LogP contribution in [0.5, 0.6) is 0 Å². The number of pyridine rings is 1. The Labute approximate surface area is 124 Å². The van der Waals surface area contributed by atoms with Gasteiger partial charge in [-0.15, -0.1) is 0 Å². The number of hydrogen-bond donors (Lipinski definition) is 2. The van der Waals surface area contributed by atoms with Gasteiger partial charge in [0, 0.05) is 36.6 Å². The minimum Gasteiger partial charge on any atom is -0.481 e. The summed E-state index contributed by atoms with van der Waals surface area (Å²) < 4.78 is 5.89. The number of rotatable bonds is 4. The molecule has 1 aliphatic heterocycles. The normalized spacial score (nSPS) is 17.4. The summed E-state index contributed by atoms with van der Waals surface area (Å²) in [5.74, 6) is -1.22. The van der Waals surface area contributed by atoms with Gasteiger partial charge in [-0.25, -0.2) is 0 Å². The van der Waals surface area contributed by atoms with Gasteiger partial charge in [-0.2, -0.15) is 0 Å². The molecule has 1 aromatic rings. The second-order valence-corrected chi connectivity index (χ2v) is 5.69. The van der Waals surface area contributed by atoms with Crippen LogP contribution >= 0.6 is 15.9 Å². The molecule has 0 bridgehead atoms. The largest absolute Gasteiger partial charge is 0.481 e. The van der Waals surface area contributed by atoms with E-state index in [-0.39, 0.29) is 12.5 Å². The van der Waals surface area contributed by atoms with Gasteiger partial charge in [0.1, 0.15) is 0 Å². The fourth-order valence-electron chi connectivity index (χ4n) is 2.12. The van der Waals surface area contributed by atoms with Crippen molar-refractivity contribution in [2.45, 2.75) is 12.8 Å². The highest BCUT2D eigenvalue weighted by Crippen LogP contribution is 2.30. The van der Waals surface area contributed by atoms with Gasteiger partial charge in [-0.1, -0.05) is 0 Å². The molecule has 7 heteroatoms. The monoisotopic (exact) mass is 342 g/mol. The summed E-state index contributed by atoms with van der Waals surface area (Å²) in [5.41, 5.74) is -0.542. The van der Waals surface area contributed by atoms with Crippen LogP contribution in [0.4, 0.5) is 0 Å². The number of carbonyl (C=O) groups excluding carboxylic acids is 1. The first-order chi connectivity index (χ1) is 9.53. The molecule has 2 rings (SSSR count). The molecule has 1 fully saturated rings. The molecule has 2 N–H and O–H groups in total. The van der Waals surface area contributed by atoms with Crippen LogP contribution in [0.3, 0.4) is 0 Å². The Morgan fingerprint density at radius 1 is 1.40 bits per heavy atom. The van der Waals surface area contributed by atoms with Gasteiger partial charge < -0.3 is 15.2 Å². The first-order valence-electron chi connectivity index (χ1n) is 6.23. The van der Waals surface area contributed by atoms with E-state index in [2.05, 4.69) is 26.2 Å². The Hall–Kier alpha value is -1.47. The highest BCUT2D eigenvalue weighted by Gasteiger charge is 2.40. The van der Waals surface area contributed by atoms with Crippen molar-refractivity contribution >= 4 is 27.8 Å². The van der Waals surface area contributed by atoms with E-state index >= 15 is 0 Å². The number of aromatic nitrogens is 1. The van der Waals surface area contributed by atoms with E-state index in [1.165, 1.54) is 6.20 Å². The molecule has 1 saturated heterocycles. The van der Waals surface area contributed by atoms with Crippen LogP contribution in [-0.2, 0) is 9.53 Å². The second kappa shape index (κ2) is 6.32. The van der Waals surface area contributed by atoms with Crippen molar-refractivity contribution in [3.63, 3.8) is 0 Å². The molecule has 0 spiro atoms. The van der Waals surface area contributed by atoms with Crippen LogP contribution in [0.2, 0.25) is 0 Å². The Kier molecular flexibility index (Phi) is 4.72. The van der Waals surface area contributed by atoms with Crippen LogP contribution in [0.1, 0.15) is 23.2 Å². The van der Waals surface area contributed by atoms with E-state index in [1.807, 2.05) is 0 Å². The highest BCUT2D eigenvalue weighted by atomic mass is 79.9. The van der Waals surface area contributed by atoms with Crippen LogP contribution < -0.4 is 5.32 Å². The highest BCUT2D eigenvalue weighted by molar-refractivity contribution is 9.10. The van der Waals surface area contributed by atoms with E-state index in [4.69, 9.17) is 4.74 Å². The van der Waals surface area contributed by atoms with Crippen LogP contribution in [0, 0.1) is 5.41 Å². The number of carboxylic acids is 1. The molecule has 0 aliphatic carbocycles. The van der Waals surface area contributed by atoms with Crippen molar-refractivity contribution in [1.82, 2.24) is 10.3 Å². The number of hydrogen-bond acceptors (Lipinski definition) is 4. The van der Waals surface area contributed by atoms with Crippen LogP contribution in [0.25, 0.3) is 0 Å². The summed E-state index contributed by atoms with van der Waals surface area (Å²) in [4.78, 5) is 27.4. The third kappa shape index (κ3) is 3.34. The minimum atomic E-state index is -0.937. The maximum absolute atomic E-state index is 12.0. The minimum absolute atomic E-state index is 0.0943. The van der Waals surface area contributed by atoms with Gasteiger partial charge in [-0.3, -0.25) is 14.6 Å². The summed E-state index contributed by atoms with van der Waals surface area (Å²) in [6.45, 7) is 0.901. The van der Waals surface area contributed by atoms with E-state index in [9.17, 15) is 14.7 Å². The number of nitrogens with zero attached hydrogens (tertiary/aromatic N) is 1. The SMILES string of the molecule is O=C(NCC1(C(=O)O)CCOCC1)c1cncc(Br)c1. The lowest BCUT2D eigenvalue weighted by Crippen LogP contribution is -2.46. The molecule has 1 amide bonds. The van der Waals surface area contributed by atoms with Crippen molar-refractivity contribution in [2.75, 3.05) is 19.8 Å². The van der Waals surface area contributed by atoms with Crippen LogP contribution in [-0.4, -0.2) is 41.7 Å². The molecule has 1 aliphatic rings. The van der Waals surface area contributed by atoms with Crippen molar-refractivity contribution in [2.24, 2.45) is 5.41 Å². The Morgan fingerprint density at radius 3 is 2.70 bits per heavy atom. The molecule has 0 unspecified atom stereocenters. The lowest BCUT2D eigenvalue weighted by Gasteiger charge is -2.33. The fraction of sp³-hybridized carbons (Fsp3) is 0.462. The topological polar surface area (TPSA) is 88.5 Å². The third-order valence-corrected chi connectivity index (χ3v) is 3.89. The lowest BCUT2D eigenvalue weighted by molar-refractivity contribution is -0.154. The molecule has 6 nitrogen and oxygen atoms in total. The number of carbonyl (C=O) groups is 2. The van der Waals surface area contributed by atoms with Gasteiger partial charge in [0.15, 0.2) is 0 Å². The average molecular weight is 343 g/mol. The Balaban J connectivity index is 2.02. The number of carboxylic acid groups (broad SMARTS) is 1. The second-order valence-electron chi connectivity index (χ2n) is 4.77. The summed E-state index contributed by atoms with van der Waals surface area (Å²) in [7, 11) is 0. The van der Waals surface area contributed by atoms with Gasteiger partial charge >= 0.3 is 5.97 Å². The maximum atomic E-state index is 12.0. The Morgan fingerprint density at radius 2 is 2.10 bits per heavy atom. The maximum Gasteiger partial charge on any atom is 0.311 e. The molecule has 0 saturated carbocycles.